The zero-order chi connectivity index (χ0) is 19.4. The van der Waals surface area contributed by atoms with Gasteiger partial charge in [0.05, 0.1) is 28.6 Å². The van der Waals surface area contributed by atoms with Crippen LogP contribution in [-0.4, -0.2) is 28.9 Å². The summed E-state index contributed by atoms with van der Waals surface area (Å²) in [6.07, 6.45) is 0. The number of hydrogen-bond acceptors (Lipinski definition) is 4. The monoisotopic (exact) mass is 402 g/mol. The van der Waals surface area contributed by atoms with Crippen LogP contribution in [0.2, 0.25) is 10.0 Å². The van der Waals surface area contributed by atoms with E-state index in [0.717, 1.165) is 16.9 Å². The predicted octanol–water partition coefficient (Wildman–Crippen LogP) is 4.55. The van der Waals surface area contributed by atoms with Gasteiger partial charge in [0.25, 0.3) is 5.91 Å². The van der Waals surface area contributed by atoms with E-state index in [1.807, 2.05) is 24.3 Å². The molecule has 0 fully saturated rings. The quantitative estimate of drug-likeness (QED) is 0.485. The van der Waals surface area contributed by atoms with Gasteiger partial charge in [-0.3, -0.25) is 9.89 Å². The number of aromatic amines is 1. The van der Waals surface area contributed by atoms with Crippen molar-refractivity contribution in [1.82, 2.24) is 15.6 Å². The highest BCUT2D eigenvalue weighted by Crippen LogP contribution is 2.27. The van der Waals surface area contributed by atoms with E-state index in [-0.39, 0.29) is 5.69 Å². The van der Waals surface area contributed by atoms with Crippen molar-refractivity contribution < 1.29 is 9.53 Å². The van der Waals surface area contributed by atoms with Crippen molar-refractivity contribution >= 4 is 34.8 Å². The van der Waals surface area contributed by atoms with Crippen molar-refractivity contribution in [3.63, 3.8) is 0 Å². The molecule has 0 atom stereocenters. The number of benzene rings is 2. The van der Waals surface area contributed by atoms with Gasteiger partial charge in [-0.2, -0.15) is 10.2 Å². The van der Waals surface area contributed by atoms with Gasteiger partial charge in [-0.1, -0.05) is 29.3 Å². The summed E-state index contributed by atoms with van der Waals surface area (Å²) >= 11 is 11.9. The first-order valence-corrected chi connectivity index (χ1v) is 8.73. The number of amides is 1. The van der Waals surface area contributed by atoms with Crippen molar-refractivity contribution in [2.45, 2.75) is 6.92 Å². The van der Waals surface area contributed by atoms with Crippen LogP contribution < -0.4 is 10.2 Å². The van der Waals surface area contributed by atoms with Crippen LogP contribution in [0.1, 0.15) is 23.0 Å². The minimum absolute atomic E-state index is 0.280. The number of methoxy groups -OCH3 is 1. The van der Waals surface area contributed by atoms with E-state index in [4.69, 9.17) is 27.9 Å². The standard InChI is InChI=1S/C19H16Cl2N4O2/c1-11(12-3-6-14(27-2)7-4-12)22-25-19(26)18-10-17(23-24-18)13-5-8-15(20)16(21)9-13/h3-10H,1-2H3,(H,23,24)(H,25,26)/b22-11-. The molecule has 1 amide bonds. The van der Waals surface area contributed by atoms with Crippen molar-refractivity contribution in [3.8, 4) is 17.0 Å². The van der Waals surface area contributed by atoms with Crippen molar-refractivity contribution in [1.29, 1.82) is 0 Å². The first kappa shape index (κ1) is 18.9. The molecule has 3 aromatic rings. The van der Waals surface area contributed by atoms with E-state index < -0.39 is 5.91 Å². The van der Waals surface area contributed by atoms with E-state index in [2.05, 4.69) is 20.7 Å². The lowest BCUT2D eigenvalue weighted by atomic mass is 10.1. The number of ether oxygens (including phenoxy) is 1. The van der Waals surface area contributed by atoms with E-state index in [1.54, 1.807) is 38.3 Å². The van der Waals surface area contributed by atoms with Gasteiger partial charge in [0.1, 0.15) is 11.4 Å². The number of nitrogens with zero attached hydrogens (tertiary/aromatic N) is 2. The molecule has 0 aliphatic carbocycles. The maximum absolute atomic E-state index is 12.3. The molecular weight excluding hydrogens is 387 g/mol. The van der Waals surface area contributed by atoms with Gasteiger partial charge in [0.15, 0.2) is 0 Å². The van der Waals surface area contributed by atoms with Gasteiger partial charge >= 0.3 is 0 Å². The zero-order valence-electron chi connectivity index (χ0n) is 14.6. The second-order valence-electron chi connectivity index (χ2n) is 5.66. The molecule has 1 heterocycles. The van der Waals surface area contributed by atoms with Gasteiger partial charge in [-0.05, 0) is 55.0 Å². The third kappa shape index (κ3) is 4.48. The average Bonchev–Trinajstić information content (AvgIpc) is 3.18. The van der Waals surface area contributed by atoms with Crippen LogP contribution in [0, 0.1) is 0 Å². The SMILES string of the molecule is COc1ccc(/C(C)=N\NC(=O)c2cc(-c3ccc(Cl)c(Cl)c3)n[nH]2)cc1. The Labute approximate surface area is 166 Å². The molecule has 0 bridgehead atoms. The molecule has 2 aromatic carbocycles. The number of hydrogen-bond donors (Lipinski definition) is 2. The molecule has 0 saturated heterocycles. The van der Waals surface area contributed by atoms with Crippen molar-refractivity contribution in [2.75, 3.05) is 7.11 Å². The summed E-state index contributed by atoms with van der Waals surface area (Å²) in [7, 11) is 1.60. The number of rotatable bonds is 5. The number of H-pyrrole nitrogens is 1. The molecule has 0 aliphatic rings. The summed E-state index contributed by atoms with van der Waals surface area (Å²) < 4.78 is 5.12. The highest BCUT2D eigenvalue weighted by Gasteiger charge is 2.12. The first-order chi connectivity index (χ1) is 13.0. The second-order valence-corrected chi connectivity index (χ2v) is 6.48. The van der Waals surface area contributed by atoms with Crippen LogP contribution in [0.3, 0.4) is 0 Å². The molecule has 0 aliphatic heterocycles. The molecule has 1 aromatic heterocycles. The van der Waals surface area contributed by atoms with E-state index >= 15 is 0 Å². The topological polar surface area (TPSA) is 79.4 Å². The first-order valence-electron chi connectivity index (χ1n) is 7.98. The van der Waals surface area contributed by atoms with Crippen LogP contribution in [0.4, 0.5) is 0 Å². The highest BCUT2D eigenvalue weighted by molar-refractivity contribution is 6.42. The van der Waals surface area contributed by atoms with Crippen LogP contribution in [0.15, 0.2) is 53.6 Å². The lowest BCUT2D eigenvalue weighted by Gasteiger charge is -2.03. The summed E-state index contributed by atoms with van der Waals surface area (Å²) in [5.74, 6) is 0.351. The Morgan fingerprint density at radius 3 is 2.52 bits per heavy atom. The third-order valence-electron chi connectivity index (χ3n) is 3.87. The Balaban J connectivity index is 1.70. The number of aromatic nitrogens is 2. The smallest absolute Gasteiger partial charge is 0.289 e. The van der Waals surface area contributed by atoms with Gasteiger partial charge in [0, 0.05) is 5.56 Å². The molecule has 8 heteroatoms. The number of carbonyl (C=O) groups excluding carboxylic acids is 1. The van der Waals surface area contributed by atoms with Crippen LogP contribution >= 0.6 is 23.2 Å². The molecule has 0 radical (unpaired) electrons. The molecule has 138 valence electrons. The third-order valence-corrected chi connectivity index (χ3v) is 4.61. The molecule has 0 unspecified atom stereocenters. The summed E-state index contributed by atoms with van der Waals surface area (Å²) in [4.78, 5) is 12.3. The summed E-state index contributed by atoms with van der Waals surface area (Å²) in [6.45, 7) is 1.80. The molecular formula is C19H16Cl2N4O2. The Bertz CT molecular complexity index is 997. The summed E-state index contributed by atoms with van der Waals surface area (Å²) in [5, 5.41) is 11.8. The van der Waals surface area contributed by atoms with Gasteiger partial charge in [-0.15, -0.1) is 0 Å². The number of carbonyl (C=O) groups is 1. The van der Waals surface area contributed by atoms with E-state index in [1.165, 1.54) is 0 Å². The Morgan fingerprint density at radius 2 is 1.85 bits per heavy atom. The van der Waals surface area contributed by atoms with Crippen LogP contribution in [0.5, 0.6) is 5.75 Å². The predicted molar refractivity (Wildman–Crippen MR) is 107 cm³/mol. The molecule has 2 N–H and O–H groups in total. The fourth-order valence-corrected chi connectivity index (χ4v) is 2.63. The number of halogens is 2. The average molecular weight is 403 g/mol. The summed E-state index contributed by atoms with van der Waals surface area (Å²) in [6, 6.07) is 14.1. The Kier molecular flexibility index (Phi) is 5.78. The molecule has 3 rings (SSSR count). The minimum atomic E-state index is -0.401. The zero-order valence-corrected chi connectivity index (χ0v) is 16.1. The molecule has 0 saturated carbocycles. The molecule has 27 heavy (non-hydrogen) atoms. The maximum Gasteiger partial charge on any atom is 0.289 e. The second kappa shape index (κ2) is 8.24. The fourth-order valence-electron chi connectivity index (χ4n) is 2.33. The lowest BCUT2D eigenvalue weighted by molar-refractivity contribution is 0.0950. The number of hydrazone groups is 1. The van der Waals surface area contributed by atoms with Crippen LogP contribution in [-0.2, 0) is 0 Å². The normalized spacial score (nSPS) is 11.3. The van der Waals surface area contributed by atoms with Crippen molar-refractivity contribution in [2.24, 2.45) is 5.10 Å². The largest absolute Gasteiger partial charge is 0.497 e. The Morgan fingerprint density at radius 1 is 1.11 bits per heavy atom. The number of nitrogens with one attached hydrogen (secondary N) is 2. The van der Waals surface area contributed by atoms with E-state index in [0.29, 0.717) is 21.5 Å². The Hall–Kier alpha value is -2.83. The van der Waals surface area contributed by atoms with Gasteiger partial charge in [-0.25, -0.2) is 5.43 Å². The highest BCUT2D eigenvalue weighted by atomic mass is 35.5. The van der Waals surface area contributed by atoms with Crippen molar-refractivity contribution in [3.05, 3.63) is 69.8 Å². The molecule has 6 nitrogen and oxygen atoms in total. The minimum Gasteiger partial charge on any atom is -0.497 e. The van der Waals surface area contributed by atoms with Gasteiger partial charge < -0.3 is 4.74 Å². The van der Waals surface area contributed by atoms with Crippen LogP contribution in [0.25, 0.3) is 11.3 Å². The fraction of sp³-hybridized carbons (Fsp3) is 0.105. The van der Waals surface area contributed by atoms with Gasteiger partial charge in [0.2, 0.25) is 0 Å². The lowest BCUT2D eigenvalue weighted by Crippen LogP contribution is -2.19. The van der Waals surface area contributed by atoms with E-state index in [9.17, 15) is 4.79 Å². The maximum atomic E-state index is 12.3. The molecule has 0 spiro atoms. The summed E-state index contributed by atoms with van der Waals surface area (Å²) in [5.41, 5.74) is 5.65.